The SMILES string of the molecule is COc1cccc(C(=O)COC(=O)[C@H]2CC(=O)N(c3ccc(Oc4ccc(C)c(C)c4)cc3)C2)c1. The highest BCUT2D eigenvalue weighted by molar-refractivity contribution is 6.01. The lowest BCUT2D eigenvalue weighted by Gasteiger charge is -2.17. The van der Waals surface area contributed by atoms with Gasteiger partial charge in [0.05, 0.1) is 13.0 Å². The molecule has 0 unspecified atom stereocenters. The van der Waals surface area contributed by atoms with E-state index in [9.17, 15) is 14.4 Å². The zero-order valence-electron chi connectivity index (χ0n) is 19.9. The number of aryl methyl sites for hydroxylation is 2. The van der Waals surface area contributed by atoms with E-state index in [-0.39, 0.29) is 31.3 Å². The Labute approximate surface area is 204 Å². The van der Waals surface area contributed by atoms with E-state index in [2.05, 4.69) is 0 Å². The van der Waals surface area contributed by atoms with Crippen LogP contribution in [0.25, 0.3) is 0 Å². The quantitative estimate of drug-likeness (QED) is 0.343. The maximum atomic E-state index is 12.6. The number of nitrogens with zero attached hydrogens (tertiary/aromatic N) is 1. The fourth-order valence-electron chi connectivity index (χ4n) is 3.86. The third-order valence-electron chi connectivity index (χ3n) is 6.06. The Hall–Kier alpha value is -4.13. The summed E-state index contributed by atoms with van der Waals surface area (Å²) in [4.78, 5) is 39.0. The van der Waals surface area contributed by atoms with Crippen molar-refractivity contribution >= 4 is 23.3 Å². The van der Waals surface area contributed by atoms with Crippen LogP contribution in [0.15, 0.2) is 66.7 Å². The normalized spacial score (nSPS) is 15.1. The van der Waals surface area contributed by atoms with Crippen LogP contribution in [-0.2, 0) is 14.3 Å². The summed E-state index contributed by atoms with van der Waals surface area (Å²) in [7, 11) is 1.51. The van der Waals surface area contributed by atoms with E-state index >= 15 is 0 Å². The average molecular weight is 474 g/mol. The monoisotopic (exact) mass is 473 g/mol. The zero-order valence-corrected chi connectivity index (χ0v) is 19.9. The maximum Gasteiger partial charge on any atom is 0.311 e. The van der Waals surface area contributed by atoms with Crippen molar-refractivity contribution in [3.8, 4) is 17.2 Å². The van der Waals surface area contributed by atoms with Crippen LogP contribution < -0.4 is 14.4 Å². The van der Waals surface area contributed by atoms with E-state index in [0.717, 1.165) is 11.3 Å². The van der Waals surface area contributed by atoms with Crippen LogP contribution in [-0.4, -0.2) is 37.9 Å². The molecule has 3 aromatic rings. The average Bonchev–Trinajstić information content (AvgIpc) is 3.26. The fourth-order valence-corrected chi connectivity index (χ4v) is 3.86. The summed E-state index contributed by atoms with van der Waals surface area (Å²) in [5, 5.41) is 0. The number of hydrogen-bond donors (Lipinski definition) is 0. The van der Waals surface area contributed by atoms with Crippen molar-refractivity contribution in [1.82, 2.24) is 0 Å². The van der Waals surface area contributed by atoms with Gasteiger partial charge in [0, 0.05) is 24.2 Å². The zero-order chi connectivity index (χ0) is 24.9. The van der Waals surface area contributed by atoms with Crippen LogP contribution in [0.2, 0.25) is 0 Å². The Morgan fingerprint density at radius 2 is 1.66 bits per heavy atom. The third-order valence-corrected chi connectivity index (χ3v) is 6.06. The Bertz CT molecular complexity index is 1250. The number of ether oxygens (including phenoxy) is 3. The highest BCUT2D eigenvalue weighted by atomic mass is 16.5. The van der Waals surface area contributed by atoms with Crippen molar-refractivity contribution in [3.63, 3.8) is 0 Å². The van der Waals surface area contributed by atoms with Gasteiger partial charge < -0.3 is 19.1 Å². The molecule has 1 saturated heterocycles. The number of carbonyl (C=O) groups is 3. The molecule has 0 N–H and O–H groups in total. The predicted molar refractivity (Wildman–Crippen MR) is 131 cm³/mol. The molecule has 0 radical (unpaired) electrons. The first-order valence-electron chi connectivity index (χ1n) is 11.3. The Balaban J connectivity index is 1.33. The van der Waals surface area contributed by atoms with E-state index in [4.69, 9.17) is 14.2 Å². The van der Waals surface area contributed by atoms with Gasteiger partial charge in [-0.3, -0.25) is 14.4 Å². The van der Waals surface area contributed by atoms with Crippen LogP contribution in [0.1, 0.15) is 27.9 Å². The van der Waals surface area contributed by atoms with Crippen molar-refractivity contribution in [2.75, 3.05) is 25.2 Å². The molecule has 1 fully saturated rings. The molecule has 180 valence electrons. The standard InChI is InChI=1S/C28H27NO6/c1-18-7-10-25(13-19(18)2)35-23-11-8-22(9-12-23)29-16-21(15-27(29)31)28(32)34-17-26(30)20-5-4-6-24(14-20)33-3/h4-14,21H,15-17H2,1-3H3/t21-/m0/s1. The number of rotatable bonds is 8. The van der Waals surface area contributed by atoms with Crippen LogP contribution in [0.4, 0.5) is 5.69 Å². The van der Waals surface area contributed by atoms with Gasteiger partial charge >= 0.3 is 5.97 Å². The lowest BCUT2D eigenvalue weighted by molar-refractivity contribution is -0.147. The van der Waals surface area contributed by atoms with Crippen molar-refractivity contribution in [2.45, 2.75) is 20.3 Å². The minimum absolute atomic E-state index is 0.0348. The molecule has 3 aromatic carbocycles. The molecular weight excluding hydrogens is 446 g/mol. The second kappa shape index (κ2) is 10.4. The number of esters is 1. The van der Waals surface area contributed by atoms with E-state index in [0.29, 0.717) is 22.7 Å². The molecule has 1 aliphatic heterocycles. The molecule has 1 atom stereocenters. The lowest BCUT2D eigenvalue weighted by Crippen LogP contribution is -2.27. The summed E-state index contributed by atoms with van der Waals surface area (Å²) >= 11 is 0. The summed E-state index contributed by atoms with van der Waals surface area (Å²) in [6.45, 7) is 3.88. The highest BCUT2D eigenvalue weighted by Gasteiger charge is 2.36. The van der Waals surface area contributed by atoms with E-state index < -0.39 is 11.9 Å². The van der Waals surface area contributed by atoms with Crippen molar-refractivity contribution in [1.29, 1.82) is 0 Å². The smallest absolute Gasteiger partial charge is 0.311 e. The Morgan fingerprint density at radius 1 is 0.914 bits per heavy atom. The maximum absolute atomic E-state index is 12.6. The Morgan fingerprint density at radius 3 is 2.37 bits per heavy atom. The molecule has 1 aliphatic rings. The first-order chi connectivity index (χ1) is 16.8. The molecule has 0 aliphatic carbocycles. The first-order valence-corrected chi connectivity index (χ1v) is 11.3. The van der Waals surface area contributed by atoms with Gasteiger partial charge in [-0.1, -0.05) is 18.2 Å². The summed E-state index contributed by atoms with van der Waals surface area (Å²) in [6, 6.07) is 19.7. The molecule has 0 bridgehead atoms. The van der Waals surface area contributed by atoms with Gasteiger partial charge in [0.25, 0.3) is 0 Å². The minimum Gasteiger partial charge on any atom is -0.497 e. The molecule has 0 saturated carbocycles. The van der Waals surface area contributed by atoms with E-state index in [1.54, 1.807) is 53.4 Å². The third kappa shape index (κ3) is 5.69. The van der Waals surface area contributed by atoms with Gasteiger partial charge in [-0.25, -0.2) is 0 Å². The van der Waals surface area contributed by atoms with Crippen LogP contribution in [0.5, 0.6) is 17.2 Å². The number of methoxy groups -OCH3 is 1. The number of benzene rings is 3. The molecule has 1 amide bonds. The highest BCUT2D eigenvalue weighted by Crippen LogP contribution is 2.30. The summed E-state index contributed by atoms with van der Waals surface area (Å²) in [6.07, 6.45) is 0.0348. The summed E-state index contributed by atoms with van der Waals surface area (Å²) < 4.78 is 16.2. The largest absolute Gasteiger partial charge is 0.497 e. The second-order valence-corrected chi connectivity index (χ2v) is 8.51. The fraction of sp³-hybridized carbons (Fsp3) is 0.250. The van der Waals surface area contributed by atoms with Gasteiger partial charge in [0.1, 0.15) is 17.2 Å². The molecule has 4 rings (SSSR count). The second-order valence-electron chi connectivity index (χ2n) is 8.51. The number of amides is 1. The molecule has 0 aromatic heterocycles. The molecule has 1 heterocycles. The molecule has 35 heavy (non-hydrogen) atoms. The summed E-state index contributed by atoms with van der Waals surface area (Å²) in [5.41, 5.74) is 3.40. The molecule has 7 heteroatoms. The van der Waals surface area contributed by atoms with Crippen LogP contribution >= 0.6 is 0 Å². The van der Waals surface area contributed by atoms with E-state index in [1.807, 2.05) is 32.0 Å². The van der Waals surface area contributed by atoms with Crippen LogP contribution in [0.3, 0.4) is 0 Å². The number of anilines is 1. The number of carbonyl (C=O) groups excluding carboxylic acids is 3. The molecule has 7 nitrogen and oxygen atoms in total. The van der Waals surface area contributed by atoms with Gasteiger partial charge in [-0.2, -0.15) is 0 Å². The number of Topliss-reactive ketones (excluding diaryl/α,β-unsaturated/α-hetero) is 1. The lowest BCUT2D eigenvalue weighted by atomic mass is 10.1. The van der Waals surface area contributed by atoms with E-state index in [1.165, 1.54) is 12.7 Å². The van der Waals surface area contributed by atoms with Gasteiger partial charge in [0.2, 0.25) is 5.91 Å². The molecular formula is C28H27NO6. The first kappa shape index (κ1) is 24.0. The van der Waals surface area contributed by atoms with Crippen molar-refractivity contribution in [2.24, 2.45) is 5.92 Å². The molecule has 0 spiro atoms. The Kier molecular flexibility index (Phi) is 7.15. The predicted octanol–water partition coefficient (Wildman–Crippen LogP) is 4.88. The number of ketones is 1. The van der Waals surface area contributed by atoms with Gasteiger partial charge in [0.15, 0.2) is 12.4 Å². The van der Waals surface area contributed by atoms with Crippen molar-refractivity contribution in [3.05, 3.63) is 83.4 Å². The minimum atomic E-state index is -0.632. The van der Waals surface area contributed by atoms with Crippen molar-refractivity contribution < 1.29 is 28.6 Å². The topological polar surface area (TPSA) is 82.1 Å². The van der Waals surface area contributed by atoms with Crippen LogP contribution in [0, 0.1) is 19.8 Å². The summed E-state index contributed by atoms with van der Waals surface area (Å²) in [5.74, 6) is 0.232. The van der Waals surface area contributed by atoms with Gasteiger partial charge in [-0.15, -0.1) is 0 Å². The number of hydrogen-bond acceptors (Lipinski definition) is 6. The van der Waals surface area contributed by atoms with Gasteiger partial charge in [-0.05, 0) is 73.5 Å².